The van der Waals surface area contributed by atoms with Crippen molar-refractivity contribution >= 4 is 5.91 Å². The van der Waals surface area contributed by atoms with E-state index in [-0.39, 0.29) is 5.91 Å². The zero-order valence-electron chi connectivity index (χ0n) is 15.9. The molecular formula is C21H19F3N4O2. The van der Waals surface area contributed by atoms with Crippen molar-refractivity contribution in [1.29, 1.82) is 0 Å². The molecule has 2 aromatic carbocycles. The van der Waals surface area contributed by atoms with Gasteiger partial charge in [0.25, 0.3) is 0 Å². The second-order valence-electron chi connectivity index (χ2n) is 7.02. The van der Waals surface area contributed by atoms with E-state index in [1.54, 1.807) is 11.0 Å². The summed E-state index contributed by atoms with van der Waals surface area (Å²) in [5.41, 5.74) is 1.22. The van der Waals surface area contributed by atoms with Gasteiger partial charge in [-0.05, 0) is 42.3 Å². The number of H-pyrrole nitrogens is 1. The van der Waals surface area contributed by atoms with Crippen molar-refractivity contribution in [1.82, 2.24) is 20.1 Å². The highest BCUT2D eigenvalue weighted by Crippen LogP contribution is 2.34. The van der Waals surface area contributed by atoms with Crippen LogP contribution in [0.3, 0.4) is 0 Å². The van der Waals surface area contributed by atoms with Gasteiger partial charge in [-0.3, -0.25) is 4.79 Å². The highest BCUT2D eigenvalue weighted by Gasteiger charge is 2.30. The first-order chi connectivity index (χ1) is 14.4. The smallest absolute Gasteiger partial charge is 0.416 e. The Hall–Kier alpha value is -3.36. The summed E-state index contributed by atoms with van der Waals surface area (Å²) in [4.78, 5) is 17.2. The number of hydrogen-bond donors (Lipinski definition) is 1. The lowest BCUT2D eigenvalue weighted by Crippen LogP contribution is -2.36. The monoisotopic (exact) mass is 416 g/mol. The van der Waals surface area contributed by atoms with E-state index in [0.29, 0.717) is 49.7 Å². The fourth-order valence-corrected chi connectivity index (χ4v) is 3.46. The van der Waals surface area contributed by atoms with Crippen LogP contribution in [0.25, 0.3) is 0 Å². The number of alkyl halides is 3. The van der Waals surface area contributed by atoms with Crippen molar-refractivity contribution in [2.24, 2.45) is 0 Å². The topological polar surface area (TPSA) is 71.1 Å². The van der Waals surface area contributed by atoms with Gasteiger partial charge in [0.1, 0.15) is 23.7 Å². The van der Waals surface area contributed by atoms with Gasteiger partial charge in [0.2, 0.25) is 5.91 Å². The molecule has 9 heteroatoms. The third-order valence-electron chi connectivity index (χ3n) is 5.03. The van der Waals surface area contributed by atoms with Gasteiger partial charge in [-0.2, -0.15) is 13.2 Å². The number of carbonyl (C=O) groups excluding carboxylic acids is 1. The number of ether oxygens (including phenoxy) is 1. The molecule has 0 radical (unpaired) electrons. The molecule has 0 atom stereocenters. The minimum absolute atomic E-state index is 0.0334. The van der Waals surface area contributed by atoms with Gasteiger partial charge in [-0.25, -0.2) is 0 Å². The van der Waals surface area contributed by atoms with Crippen molar-refractivity contribution in [2.75, 3.05) is 6.54 Å². The number of aryl methyl sites for hydroxylation is 1. The number of amides is 1. The molecule has 2 heterocycles. The van der Waals surface area contributed by atoms with Gasteiger partial charge in [-0.1, -0.05) is 12.1 Å². The van der Waals surface area contributed by atoms with Gasteiger partial charge >= 0.3 is 6.18 Å². The summed E-state index contributed by atoms with van der Waals surface area (Å²) in [6, 6.07) is 10.2. The number of nitrogens with zero attached hydrogens (tertiary/aromatic N) is 3. The van der Waals surface area contributed by atoms with Crippen molar-refractivity contribution in [3.63, 3.8) is 0 Å². The van der Waals surface area contributed by atoms with Crippen LogP contribution in [0.15, 0.2) is 48.8 Å². The van der Waals surface area contributed by atoms with Crippen molar-refractivity contribution in [3.8, 4) is 11.5 Å². The molecule has 0 fully saturated rings. The number of hydrogen-bond acceptors (Lipinski definition) is 4. The highest BCUT2D eigenvalue weighted by molar-refractivity contribution is 5.76. The van der Waals surface area contributed by atoms with Crippen LogP contribution in [0, 0.1) is 0 Å². The minimum atomic E-state index is -4.38. The molecule has 30 heavy (non-hydrogen) atoms. The molecule has 0 aliphatic carbocycles. The predicted molar refractivity (Wildman–Crippen MR) is 102 cm³/mol. The number of aromatic nitrogens is 3. The summed E-state index contributed by atoms with van der Waals surface area (Å²) in [6.07, 6.45) is -1.45. The van der Waals surface area contributed by atoms with Crippen LogP contribution in [0.5, 0.6) is 11.5 Å². The standard InChI is InChI=1S/C21H19F3N4O2/c22-21(23,24)15-4-6-16(7-5-15)30-18-3-1-2-14-12-28(11-10-17(14)18)20(29)9-8-19-25-13-26-27-19/h1-7,13H,8-12H2,(H,25,26,27). The zero-order chi connectivity index (χ0) is 21.1. The van der Waals surface area contributed by atoms with E-state index in [2.05, 4.69) is 15.2 Å². The average molecular weight is 416 g/mol. The molecule has 1 aliphatic heterocycles. The predicted octanol–water partition coefficient (Wildman–Crippen LogP) is 4.13. The van der Waals surface area contributed by atoms with E-state index in [4.69, 9.17) is 4.74 Å². The summed E-state index contributed by atoms with van der Waals surface area (Å²) in [7, 11) is 0. The van der Waals surface area contributed by atoms with Crippen molar-refractivity contribution < 1.29 is 22.7 Å². The molecule has 1 aliphatic rings. The summed E-state index contributed by atoms with van der Waals surface area (Å²) < 4.78 is 44.0. The van der Waals surface area contributed by atoms with Gasteiger partial charge in [-0.15, -0.1) is 10.2 Å². The lowest BCUT2D eigenvalue weighted by molar-refractivity contribution is -0.137. The summed E-state index contributed by atoms with van der Waals surface area (Å²) in [6.45, 7) is 1.02. The lowest BCUT2D eigenvalue weighted by Gasteiger charge is -2.30. The maximum atomic E-state index is 12.7. The Morgan fingerprint density at radius 1 is 1.17 bits per heavy atom. The molecule has 1 amide bonds. The van der Waals surface area contributed by atoms with Gasteiger partial charge in [0.15, 0.2) is 0 Å². The van der Waals surface area contributed by atoms with Crippen LogP contribution < -0.4 is 4.74 Å². The fourth-order valence-electron chi connectivity index (χ4n) is 3.46. The Labute approximate surface area is 170 Å². The largest absolute Gasteiger partial charge is 0.457 e. The van der Waals surface area contributed by atoms with Crippen molar-refractivity contribution in [2.45, 2.75) is 32.0 Å². The quantitative estimate of drug-likeness (QED) is 0.679. The van der Waals surface area contributed by atoms with Gasteiger partial charge in [0.05, 0.1) is 5.56 Å². The molecule has 3 aromatic rings. The third-order valence-corrected chi connectivity index (χ3v) is 5.03. The summed E-state index contributed by atoms with van der Waals surface area (Å²) >= 11 is 0. The SMILES string of the molecule is O=C(CCc1nnc[nH]1)N1CCc2c(cccc2Oc2ccc(C(F)(F)F)cc2)C1. The molecule has 156 valence electrons. The molecule has 0 unspecified atom stereocenters. The van der Waals surface area contributed by atoms with Crippen LogP contribution in [0.2, 0.25) is 0 Å². The molecule has 1 aromatic heterocycles. The van der Waals surface area contributed by atoms with E-state index in [1.165, 1.54) is 18.5 Å². The minimum Gasteiger partial charge on any atom is -0.457 e. The van der Waals surface area contributed by atoms with Crippen LogP contribution in [0.4, 0.5) is 13.2 Å². The van der Waals surface area contributed by atoms with Crippen LogP contribution >= 0.6 is 0 Å². The molecule has 6 nitrogen and oxygen atoms in total. The zero-order valence-corrected chi connectivity index (χ0v) is 15.9. The number of rotatable bonds is 5. The van der Waals surface area contributed by atoms with Crippen molar-refractivity contribution in [3.05, 3.63) is 71.3 Å². The van der Waals surface area contributed by atoms with E-state index < -0.39 is 11.7 Å². The summed E-state index contributed by atoms with van der Waals surface area (Å²) in [5.74, 6) is 1.64. The molecular weight excluding hydrogens is 397 g/mol. The molecule has 0 spiro atoms. The Morgan fingerprint density at radius 2 is 1.97 bits per heavy atom. The Kier molecular flexibility index (Phi) is 5.43. The number of halogens is 3. The van der Waals surface area contributed by atoms with E-state index in [9.17, 15) is 18.0 Å². The average Bonchev–Trinajstić information content (AvgIpc) is 3.25. The fraction of sp³-hybridized carbons (Fsp3) is 0.286. The molecule has 1 N–H and O–H groups in total. The van der Waals surface area contributed by atoms with Crippen LogP contribution in [-0.4, -0.2) is 32.5 Å². The number of fused-ring (bicyclic) bond motifs is 1. The Balaban J connectivity index is 1.43. The Morgan fingerprint density at radius 3 is 2.67 bits per heavy atom. The first kappa shape index (κ1) is 19.9. The molecule has 0 saturated carbocycles. The molecule has 0 bridgehead atoms. The lowest BCUT2D eigenvalue weighted by atomic mass is 9.98. The van der Waals surface area contributed by atoms with E-state index >= 15 is 0 Å². The van der Waals surface area contributed by atoms with Gasteiger partial charge in [0, 0.05) is 31.5 Å². The maximum Gasteiger partial charge on any atom is 0.416 e. The van der Waals surface area contributed by atoms with Gasteiger partial charge < -0.3 is 14.6 Å². The number of aromatic amines is 1. The third kappa shape index (κ3) is 4.45. The first-order valence-electron chi connectivity index (χ1n) is 9.49. The second-order valence-corrected chi connectivity index (χ2v) is 7.02. The first-order valence-corrected chi connectivity index (χ1v) is 9.49. The number of carbonyl (C=O) groups is 1. The Bertz CT molecular complexity index is 1020. The number of benzene rings is 2. The maximum absolute atomic E-state index is 12.7. The molecule has 0 saturated heterocycles. The van der Waals surface area contributed by atoms with E-state index in [0.717, 1.165) is 23.3 Å². The second kappa shape index (κ2) is 8.17. The molecule has 4 rings (SSSR count). The van der Waals surface area contributed by atoms with Crippen LogP contribution in [-0.2, 0) is 30.4 Å². The van der Waals surface area contributed by atoms with Crippen LogP contribution in [0.1, 0.15) is 28.9 Å². The number of nitrogens with one attached hydrogen (secondary N) is 1. The normalized spacial score (nSPS) is 13.8. The van der Waals surface area contributed by atoms with E-state index in [1.807, 2.05) is 12.1 Å². The highest BCUT2D eigenvalue weighted by atomic mass is 19.4. The summed E-state index contributed by atoms with van der Waals surface area (Å²) in [5, 5.41) is 7.59.